The molecule has 0 unspecified atom stereocenters. The molecule has 0 heterocycles. The third-order valence-corrected chi connectivity index (χ3v) is 0.368. The fourth-order valence-electron chi connectivity index (χ4n) is 0.143. The normalized spacial score (nSPS) is 7.60. The lowest BCUT2D eigenvalue weighted by atomic mass is 10.5. The molecule has 0 radical (unpaired) electrons. The Morgan fingerprint density at radius 2 is 1.20 bits per heavy atom. The van der Waals surface area contributed by atoms with Gasteiger partial charge in [0.15, 0.2) is 0 Å². The molecule has 0 aliphatic carbocycles. The average Bonchev–Trinajstić information content (AvgIpc) is 2.01. The van der Waals surface area contributed by atoms with E-state index in [0.717, 1.165) is 6.92 Å². The first-order chi connectivity index (χ1) is 6.77. The first-order valence-electron chi connectivity index (χ1n) is 3.32. The summed E-state index contributed by atoms with van der Waals surface area (Å²) in [5, 5.41) is 23.0. The first-order valence-corrected chi connectivity index (χ1v) is 3.76. The molecule has 0 aliphatic heterocycles. The quantitative estimate of drug-likeness (QED) is 0.623. The van der Waals surface area contributed by atoms with Crippen LogP contribution in [-0.2, 0) is 14.4 Å². The van der Waals surface area contributed by atoms with E-state index < -0.39 is 17.9 Å². The molecule has 0 saturated heterocycles. The van der Waals surface area contributed by atoms with Gasteiger partial charge in [0.25, 0.3) is 5.97 Å². The summed E-state index contributed by atoms with van der Waals surface area (Å²) in [6.07, 6.45) is 1.12. The molecule has 6 nitrogen and oxygen atoms in total. The van der Waals surface area contributed by atoms with E-state index in [1.807, 2.05) is 0 Å². The molecule has 7 heteroatoms. The van der Waals surface area contributed by atoms with Crippen molar-refractivity contribution in [1.29, 1.82) is 0 Å². The summed E-state index contributed by atoms with van der Waals surface area (Å²) in [4.78, 5) is 28.1. The minimum atomic E-state index is -1.26. The number of halogens is 1. The highest BCUT2D eigenvalue weighted by Crippen LogP contribution is 1.70. The Bertz CT molecular complexity index is 226. The van der Waals surface area contributed by atoms with E-state index >= 15 is 0 Å². The van der Waals surface area contributed by atoms with Crippen molar-refractivity contribution in [2.24, 2.45) is 0 Å². The molecule has 0 aromatic carbocycles. The standard InChI is InChI=1S/C4H4O4.C2H3Cl.C2H4O2/c5-3(6)1-2-4(7)8;1-2-3;1-2(3)4/h1-2H,(H,5,6)(H,7,8);2H,1H2;1H3,(H,3,4)/b2-1-;;. The average molecular weight is 239 g/mol. The summed E-state index contributed by atoms with van der Waals surface area (Å²) in [6.45, 7) is 4.21. The lowest BCUT2D eigenvalue weighted by Crippen LogP contribution is -1.91. The Morgan fingerprint density at radius 1 is 1.07 bits per heavy atom. The minimum Gasteiger partial charge on any atom is -0.481 e. The Labute approximate surface area is 91.1 Å². The number of carboxylic acids is 3. The fraction of sp³-hybridized carbons (Fsp3) is 0.125. The third-order valence-electron chi connectivity index (χ3n) is 0.368. The van der Waals surface area contributed by atoms with E-state index in [0.29, 0.717) is 12.2 Å². The molecule has 15 heavy (non-hydrogen) atoms. The molecule has 0 amide bonds. The number of carbonyl (C=O) groups is 3. The highest BCUT2D eigenvalue weighted by molar-refractivity contribution is 6.25. The fourth-order valence-corrected chi connectivity index (χ4v) is 0.143. The van der Waals surface area contributed by atoms with E-state index in [2.05, 4.69) is 6.58 Å². The monoisotopic (exact) mass is 238 g/mol. The number of hydrogen-bond donors (Lipinski definition) is 3. The minimum absolute atomic E-state index is 0.558. The van der Waals surface area contributed by atoms with Gasteiger partial charge in [0.05, 0.1) is 0 Å². The summed E-state index contributed by atoms with van der Waals surface area (Å²) >= 11 is 4.76. The van der Waals surface area contributed by atoms with E-state index in [-0.39, 0.29) is 0 Å². The Morgan fingerprint density at radius 3 is 1.27 bits per heavy atom. The Balaban J connectivity index is -0.000000173. The summed E-state index contributed by atoms with van der Waals surface area (Å²) in [7, 11) is 0. The molecule has 0 bridgehead atoms. The van der Waals surface area contributed by atoms with Crippen molar-refractivity contribution in [3.05, 3.63) is 24.3 Å². The zero-order chi connectivity index (χ0) is 12.9. The number of carboxylic acid groups (broad SMARTS) is 3. The van der Waals surface area contributed by atoms with Gasteiger partial charge in [-0.25, -0.2) is 9.59 Å². The second kappa shape index (κ2) is 14.7. The first kappa shape index (κ1) is 18.9. The molecule has 0 spiro atoms. The molecule has 0 aromatic heterocycles. The lowest BCUT2D eigenvalue weighted by Gasteiger charge is -1.74. The van der Waals surface area contributed by atoms with Crippen molar-refractivity contribution < 1.29 is 29.7 Å². The number of hydrogen-bond acceptors (Lipinski definition) is 3. The van der Waals surface area contributed by atoms with Gasteiger partial charge in [-0.05, 0) is 5.54 Å². The number of rotatable bonds is 2. The van der Waals surface area contributed by atoms with Crippen LogP contribution in [0.25, 0.3) is 0 Å². The van der Waals surface area contributed by atoms with Crippen LogP contribution in [0.4, 0.5) is 0 Å². The highest BCUT2D eigenvalue weighted by atomic mass is 35.5. The molecule has 0 aliphatic rings. The zero-order valence-electron chi connectivity index (χ0n) is 7.88. The largest absolute Gasteiger partial charge is 0.481 e. The SMILES string of the molecule is C=CCl.CC(=O)O.O=C(O)/C=C\C(=O)O. The van der Waals surface area contributed by atoms with Crippen LogP contribution in [0.15, 0.2) is 24.3 Å². The van der Waals surface area contributed by atoms with Gasteiger partial charge in [-0.2, -0.15) is 0 Å². The summed E-state index contributed by atoms with van der Waals surface area (Å²) < 4.78 is 0. The van der Waals surface area contributed by atoms with Crippen LogP contribution in [0, 0.1) is 0 Å². The zero-order valence-corrected chi connectivity index (χ0v) is 8.64. The lowest BCUT2D eigenvalue weighted by molar-refractivity contribution is -0.134. The summed E-state index contributed by atoms with van der Waals surface area (Å²) in [5.41, 5.74) is 1.22. The van der Waals surface area contributed by atoms with Crippen LogP contribution in [0.2, 0.25) is 0 Å². The van der Waals surface area contributed by atoms with E-state index in [4.69, 9.17) is 31.7 Å². The number of aliphatic carboxylic acids is 3. The predicted molar refractivity (Wildman–Crippen MR) is 53.8 cm³/mol. The maximum absolute atomic E-state index is 9.55. The van der Waals surface area contributed by atoms with Crippen molar-refractivity contribution in [3.8, 4) is 0 Å². The smallest absolute Gasteiger partial charge is 0.328 e. The second-order valence-corrected chi connectivity index (χ2v) is 1.99. The summed E-state index contributed by atoms with van der Waals surface area (Å²) in [6, 6.07) is 0. The van der Waals surface area contributed by atoms with Gasteiger partial charge < -0.3 is 15.3 Å². The van der Waals surface area contributed by atoms with Crippen LogP contribution < -0.4 is 0 Å². The maximum atomic E-state index is 9.55. The van der Waals surface area contributed by atoms with Crippen LogP contribution in [0.5, 0.6) is 0 Å². The van der Waals surface area contributed by atoms with Crippen molar-refractivity contribution in [2.75, 3.05) is 0 Å². The molecular weight excluding hydrogens is 228 g/mol. The molecule has 0 atom stereocenters. The van der Waals surface area contributed by atoms with Gasteiger partial charge in [0.2, 0.25) is 0 Å². The van der Waals surface area contributed by atoms with Gasteiger partial charge in [0, 0.05) is 19.1 Å². The molecule has 86 valence electrons. The molecule has 0 saturated carbocycles. The van der Waals surface area contributed by atoms with E-state index in [9.17, 15) is 9.59 Å². The van der Waals surface area contributed by atoms with E-state index in [1.54, 1.807) is 0 Å². The summed E-state index contributed by atoms with van der Waals surface area (Å²) in [5.74, 6) is -3.35. The highest BCUT2D eigenvalue weighted by Gasteiger charge is 1.88. The van der Waals surface area contributed by atoms with Crippen molar-refractivity contribution in [3.63, 3.8) is 0 Å². The van der Waals surface area contributed by atoms with Crippen LogP contribution in [0.1, 0.15) is 6.92 Å². The van der Waals surface area contributed by atoms with Gasteiger partial charge >= 0.3 is 11.9 Å². The van der Waals surface area contributed by atoms with Crippen molar-refractivity contribution >= 4 is 29.5 Å². The van der Waals surface area contributed by atoms with Gasteiger partial charge in [-0.15, -0.1) is 0 Å². The predicted octanol–water partition coefficient (Wildman–Crippen LogP) is 1.17. The van der Waals surface area contributed by atoms with Crippen molar-refractivity contribution in [2.45, 2.75) is 6.92 Å². The second-order valence-electron chi connectivity index (χ2n) is 1.68. The molecule has 0 rings (SSSR count). The van der Waals surface area contributed by atoms with Crippen LogP contribution >= 0.6 is 11.6 Å². The third kappa shape index (κ3) is 125. The Hall–Kier alpha value is -1.82. The van der Waals surface area contributed by atoms with Crippen LogP contribution in [0.3, 0.4) is 0 Å². The van der Waals surface area contributed by atoms with Gasteiger partial charge in [-0.3, -0.25) is 4.79 Å². The molecule has 3 N–H and O–H groups in total. The molecule has 0 fully saturated rings. The van der Waals surface area contributed by atoms with Gasteiger partial charge in [-0.1, -0.05) is 18.2 Å². The van der Waals surface area contributed by atoms with Crippen molar-refractivity contribution in [1.82, 2.24) is 0 Å². The molecule has 0 aromatic rings. The Kier molecular flexibility index (Phi) is 18.5. The molecular formula is C8H11ClO6. The van der Waals surface area contributed by atoms with Crippen LogP contribution in [-0.4, -0.2) is 33.2 Å². The van der Waals surface area contributed by atoms with E-state index in [1.165, 1.54) is 5.54 Å². The maximum Gasteiger partial charge on any atom is 0.328 e. The topological polar surface area (TPSA) is 112 Å². The van der Waals surface area contributed by atoms with Gasteiger partial charge in [0.1, 0.15) is 0 Å².